The number of rotatable bonds is 3. The molecule has 1 fully saturated rings. The van der Waals surface area contributed by atoms with Crippen LogP contribution in [0.1, 0.15) is 40.5 Å². The van der Waals surface area contributed by atoms with Crippen LogP contribution < -0.4 is 0 Å². The predicted octanol–water partition coefficient (Wildman–Crippen LogP) is 3.80. The molecule has 132 valence electrons. The van der Waals surface area contributed by atoms with Gasteiger partial charge in [0.25, 0.3) is 5.91 Å². The van der Waals surface area contributed by atoms with Crippen LogP contribution in [0.5, 0.6) is 0 Å². The largest absolute Gasteiger partial charge is 0.337 e. The molecule has 1 aliphatic rings. The molecule has 0 atom stereocenters. The summed E-state index contributed by atoms with van der Waals surface area (Å²) in [5.41, 5.74) is 5.04. The highest BCUT2D eigenvalue weighted by Crippen LogP contribution is 2.30. The van der Waals surface area contributed by atoms with Gasteiger partial charge in [-0.05, 0) is 54.5 Å². The summed E-state index contributed by atoms with van der Waals surface area (Å²) in [4.78, 5) is 19.1. The first-order valence-electron chi connectivity index (χ1n) is 9.03. The molecule has 0 bridgehead atoms. The summed E-state index contributed by atoms with van der Waals surface area (Å²) in [5.74, 6) is 0.492. The molecule has 3 aromatic rings. The first kappa shape index (κ1) is 16.5. The van der Waals surface area contributed by atoms with Crippen LogP contribution in [-0.4, -0.2) is 39.1 Å². The smallest absolute Gasteiger partial charge is 0.272 e. The van der Waals surface area contributed by atoms with Gasteiger partial charge in [-0.3, -0.25) is 14.9 Å². The second-order valence-electron chi connectivity index (χ2n) is 6.81. The lowest BCUT2D eigenvalue weighted by molar-refractivity contribution is 0.0707. The van der Waals surface area contributed by atoms with Crippen LogP contribution in [0.2, 0.25) is 0 Å². The fourth-order valence-corrected chi connectivity index (χ4v) is 3.68. The van der Waals surface area contributed by atoms with Crippen molar-refractivity contribution in [3.8, 4) is 11.1 Å². The monoisotopic (exact) mass is 346 g/mol. The molecule has 0 saturated carbocycles. The van der Waals surface area contributed by atoms with E-state index in [0.29, 0.717) is 11.6 Å². The van der Waals surface area contributed by atoms with Crippen molar-refractivity contribution < 1.29 is 4.79 Å². The van der Waals surface area contributed by atoms with Gasteiger partial charge < -0.3 is 4.90 Å². The fraction of sp³-hybridized carbons (Fsp3) is 0.286. The molecular weight excluding hydrogens is 324 g/mol. The van der Waals surface area contributed by atoms with Gasteiger partial charge in [0.1, 0.15) is 5.69 Å². The summed E-state index contributed by atoms with van der Waals surface area (Å²) in [6.45, 7) is 3.57. The lowest BCUT2D eigenvalue weighted by atomic mass is 9.90. The van der Waals surface area contributed by atoms with E-state index in [1.807, 2.05) is 53.6 Å². The molecule has 0 spiro atoms. The number of nitrogens with zero attached hydrogens (tertiary/aromatic N) is 3. The summed E-state index contributed by atoms with van der Waals surface area (Å²) < 4.78 is 0. The summed E-state index contributed by atoms with van der Waals surface area (Å²) in [6, 6.07) is 13.9. The number of H-pyrrole nitrogens is 1. The van der Waals surface area contributed by atoms with E-state index in [-0.39, 0.29) is 5.91 Å². The number of amides is 1. The van der Waals surface area contributed by atoms with E-state index in [1.165, 1.54) is 5.56 Å². The first-order chi connectivity index (χ1) is 12.7. The minimum atomic E-state index is 0.0187. The van der Waals surface area contributed by atoms with Gasteiger partial charge in [-0.15, -0.1) is 0 Å². The van der Waals surface area contributed by atoms with Gasteiger partial charge in [0.05, 0.1) is 6.20 Å². The van der Waals surface area contributed by atoms with E-state index in [1.54, 1.807) is 6.20 Å². The number of hydrogen-bond acceptors (Lipinski definition) is 3. The third kappa shape index (κ3) is 3.25. The van der Waals surface area contributed by atoms with E-state index in [0.717, 1.165) is 42.8 Å². The van der Waals surface area contributed by atoms with E-state index in [9.17, 15) is 4.79 Å². The van der Waals surface area contributed by atoms with Gasteiger partial charge in [-0.1, -0.05) is 30.3 Å². The topological polar surface area (TPSA) is 61.9 Å². The van der Waals surface area contributed by atoms with Crippen LogP contribution in [0.15, 0.2) is 54.9 Å². The Hall–Kier alpha value is -2.95. The molecule has 1 aliphatic heterocycles. The van der Waals surface area contributed by atoms with Crippen molar-refractivity contribution in [2.45, 2.75) is 25.7 Å². The minimum absolute atomic E-state index is 0.0187. The predicted molar refractivity (Wildman–Crippen MR) is 101 cm³/mol. The van der Waals surface area contributed by atoms with Gasteiger partial charge in [0, 0.05) is 25.0 Å². The Bertz CT molecular complexity index is 895. The van der Waals surface area contributed by atoms with Gasteiger partial charge in [0.2, 0.25) is 0 Å². The van der Waals surface area contributed by atoms with Crippen LogP contribution in [0.25, 0.3) is 11.1 Å². The van der Waals surface area contributed by atoms with Gasteiger partial charge in [-0.2, -0.15) is 5.10 Å². The van der Waals surface area contributed by atoms with E-state index >= 15 is 0 Å². The Labute approximate surface area is 153 Å². The zero-order chi connectivity index (χ0) is 17.9. The zero-order valence-corrected chi connectivity index (χ0v) is 14.9. The third-order valence-corrected chi connectivity index (χ3v) is 5.18. The number of piperidine rings is 1. The van der Waals surface area contributed by atoms with Gasteiger partial charge in [0.15, 0.2) is 0 Å². The van der Waals surface area contributed by atoms with E-state index < -0.39 is 0 Å². The lowest BCUT2D eigenvalue weighted by Gasteiger charge is -2.31. The molecule has 4 rings (SSSR count). The molecular formula is C21H22N4O. The van der Waals surface area contributed by atoms with Crippen molar-refractivity contribution in [1.82, 2.24) is 20.1 Å². The molecule has 0 radical (unpaired) electrons. The van der Waals surface area contributed by atoms with Gasteiger partial charge >= 0.3 is 0 Å². The number of carbonyl (C=O) groups excluding carboxylic acids is 1. The second kappa shape index (κ2) is 7.12. The quantitative estimate of drug-likeness (QED) is 0.785. The molecule has 2 aromatic heterocycles. The average Bonchev–Trinajstić information content (AvgIpc) is 3.14. The number of aromatic nitrogens is 3. The lowest BCUT2D eigenvalue weighted by Crippen LogP contribution is -2.38. The SMILES string of the molecule is Cc1[nH]ncc1C1CCN(C(=O)c2cc(-c3ccccc3)ccn2)CC1. The Balaban J connectivity index is 1.47. The molecule has 1 N–H and O–H groups in total. The Morgan fingerprint density at radius 2 is 1.88 bits per heavy atom. The van der Waals surface area contributed by atoms with Crippen LogP contribution >= 0.6 is 0 Å². The summed E-state index contributed by atoms with van der Waals surface area (Å²) >= 11 is 0. The molecule has 1 aromatic carbocycles. The number of benzene rings is 1. The van der Waals surface area contributed by atoms with Crippen molar-refractivity contribution in [1.29, 1.82) is 0 Å². The highest BCUT2D eigenvalue weighted by molar-refractivity contribution is 5.93. The standard InChI is InChI=1S/C21H22N4O/c1-15-19(14-23-24-15)17-8-11-25(12-9-17)21(26)20-13-18(7-10-22-20)16-5-3-2-4-6-16/h2-7,10,13-14,17H,8-9,11-12H2,1H3,(H,23,24). The molecule has 26 heavy (non-hydrogen) atoms. The second-order valence-corrected chi connectivity index (χ2v) is 6.81. The molecule has 0 unspecified atom stereocenters. The molecule has 3 heterocycles. The maximum Gasteiger partial charge on any atom is 0.272 e. The van der Waals surface area contributed by atoms with Crippen LogP contribution in [0.3, 0.4) is 0 Å². The first-order valence-corrected chi connectivity index (χ1v) is 9.03. The summed E-state index contributed by atoms with van der Waals surface area (Å²) in [5, 5.41) is 7.13. The Kier molecular flexibility index (Phi) is 4.52. The number of hydrogen-bond donors (Lipinski definition) is 1. The van der Waals surface area contributed by atoms with Crippen LogP contribution in [-0.2, 0) is 0 Å². The molecule has 0 aliphatic carbocycles. The summed E-state index contributed by atoms with van der Waals surface area (Å²) in [7, 11) is 0. The number of nitrogens with one attached hydrogen (secondary N) is 1. The Morgan fingerprint density at radius 1 is 1.12 bits per heavy atom. The molecule has 1 amide bonds. The Morgan fingerprint density at radius 3 is 2.58 bits per heavy atom. The van der Waals surface area contributed by atoms with Crippen molar-refractivity contribution in [2.75, 3.05) is 13.1 Å². The van der Waals surface area contributed by atoms with Crippen molar-refractivity contribution in [3.63, 3.8) is 0 Å². The number of aromatic amines is 1. The molecule has 1 saturated heterocycles. The molecule has 5 nitrogen and oxygen atoms in total. The van der Waals surface area contributed by atoms with E-state index in [2.05, 4.69) is 22.1 Å². The average molecular weight is 346 g/mol. The highest BCUT2D eigenvalue weighted by Gasteiger charge is 2.26. The minimum Gasteiger partial charge on any atom is -0.337 e. The van der Waals surface area contributed by atoms with Gasteiger partial charge in [-0.25, -0.2) is 0 Å². The maximum atomic E-state index is 12.9. The van der Waals surface area contributed by atoms with Crippen LogP contribution in [0.4, 0.5) is 0 Å². The molecule has 5 heteroatoms. The zero-order valence-electron chi connectivity index (χ0n) is 14.9. The van der Waals surface area contributed by atoms with E-state index in [4.69, 9.17) is 0 Å². The highest BCUT2D eigenvalue weighted by atomic mass is 16.2. The number of pyridine rings is 1. The van der Waals surface area contributed by atoms with Crippen molar-refractivity contribution in [3.05, 3.63) is 71.8 Å². The number of carbonyl (C=O) groups is 1. The third-order valence-electron chi connectivity index (χ3n) is 5.18. The fourth-order valence-electron chi connectivity index (χ4n) is 3.68. The van der Waals surface area contributed by atoms with Crippen molar-refractivity contribution >= 4 is 5.91 Å². The summed E-state index contributed by atoms with van der Waals surface area (Å²) in [6.07, 6.45) is 5.56. The number of likely N-dealkylation sites (tertiary alicyclic amines) is 1. The van der Waals surface area contributed by atoms with Crippen molar-refractivity contribution in [2.24, 2.45) is 0 Å². The maximum absolute atomic E-state index is 12.9. The van der Waals surface area contributed by atoms with Crippen LogP contribution in [0, 0.1) is 6.92 Å². The normalized spacial score (nSPS) is 15.2. The number of aryl methyl sites for hydroxylation is 1.